The zero-order valence-electron chi connectivity index (χ0n) is 9.67. The van der Waals surface area contributed by atoms with Gasteiger partial charge in [0.2, 0.25) is 5.91 Å². The standard InChI is InChI=1S/C12H22N2O/c1-2-7-14(11-5-6-13-9-11)12(15)8-10-3-4-10/h10-11,13H,2-9H2,1H3. The first-order valence-corrected chi connectivity index (χ1v) is 6.31. The van der Waals surface area contributed by atoms with Crippen LogP contribution in [0.25, 0.3) is 0 Å². The van der Waals surface area contributed by atoms with Gasteiger partial charge in [-0.3, -0.25) is 4.79 Å². The van der Waals surface area contributed by atoms with Gasteiger partial charge in [0.1, 0.15) is 0 Å². The van der Waals surface area contributed by atoms with Gasteiger partial charge in [0.05, 0.1) is 0 Å². The van der Waals surface area contributed by atoms with Gasteiger partial charge in [-0.2, -0.15) is 0 Å². The molecule has 1 saturated carbocycles. The van der Waals surface area contributed by atoms with Crippen molar-refractivity contribution in [3.05, 3.63) is 0 Å². The monoisotopic (exact) mass is 210 g/mol. The molecule has 0 spiro atoms. The average molecular weight is 210 g/mol. The predicted octanol–water partition coefficient (Wildman–Crippen LogP) is 1.39. The van der Waals surface area contributed by atoms with Gasteiger partial charge in [0.25, 0.3) is 0 Å². The van der Waals surface area contributed by atoms with Gasteiger partial charge in [0, 0.05) is 25.6 Å². The quantitative estimate of drug-likeness (QED) is 0.743. The summed E-state index contributed by atoms with van der Waals surface area (Å²) in [5, 5.41) is 3.34. The van der Waals surface area contributed by atoms with Crippen LogP contribution in [-0.2, 0) is 4.79 Å². The number of hydrogen-bond donors (Lipinski definition) is 1. The number of nitrogens with zero attached hydrogens (tertiary/aromatic N) is 1. The van der Waals surface area contributed by atoms with Crippen LogP contribution in [0.4, 0.5) is 0 Å². The third-order valence-electron chi connectivity index (χ3n) is 3.42. The fourth-order valence-corrected chi connectivity index (χ4v) is 2.34. The van der Waals surface area contributed by atoms with E-state index in [4.69, 9.17) is 0 Å². The summed E-state index contributed by atoms with van der Waals surface area (Å²) in [5.41, 5.74) is 0. The molecule has 3 nitrogen and oxygen atoms in total. The zero-order valence-corrected chi connectivity index (χ0v) is 9.67. The molecular weight excluding hydrogens is 188 g/mol. The highest BCUT2D eigenvalue weighted by atomic mass is 16.2. The Morgan fingerprint density at radius 3 is 2.73 bits per heavy atom. The van der Waals surface area contributed by atoms with E-state index in [-0.39, 0.29) is 0 Å². The van der Waals surface area contributed by atoms with Crippen molar-refractivity contribution in [3.8, 4) is 0 Å². The largest absolute Gasteiger partial charge is 0.338 e. The Kier molecular flexibility index (Phi) is 3.62. The van der Waals surface area contributed by atoms with Crippen LogP contribution in [0.2, 0.25) is 0 Å². The molecule has 1 aliphatic carbocycles. The minimum Gasteiger partial charge on any atom is -0.338 e. The highest BCUT2D eigenvalue weighted by Gasteiger charge is 2.30. The lowest BCUT2D eigenvalue weighted by Crippen LogP contribution is -2.42. The minimum absolute atomic E-state index is 0.396. The number of carbonyl (C=O) groups excluding carboxylic acids is 1. The molecule has 1 unspecified atom stereocenters. The van der Waals surface area contributed by atoms with Crippen molar-refractivity contribution in [1.29, 1.82) is 0 Å². The summed E-state index contributed by atoms with van der Waals surface area (Å²) in [5.74, 6) is 1.11. The first-order valence-electron chi connectivity index (χ1n) is 6.31. The average Bonchev–Trinajstić information content (AvgIpc) is 2.87. The van der Waals surface area contributed by atoms with Gasteiger partial charge in [-0.25, -0.2) is 0 Å². The van der Waals surface area contributed by atoms with Crippen molar-refractivity contribution in [2.24, 2.45) is 5.92 Å². The molecule has 0 aromatic heterocycles. The molecule has 1 heterocycles. The maximum absolute atomic E-state index is 12.1. The molecule has 1 amide bonds. The fourth-order valence-electron chi connectivity index (χ4n) is 2.34. The smallest absolute Gasteiger partial charge is 0.223 e. The Morgan fingerprint density at radius 2 is 2.20 bits per heavy atom. The van der Waals surface area contributed by atoms with Crippen LogP contribution in [0, 0.1) is 5.92 Å². The van der Waals surface area contributed by atoms with E-state index in [1.807, 2.05) is 0 Å². The summed E-state index contributed by atoms with van der Waals surface area (Å²) in [6.07, 6.45) is 5.56. The van der Waals surface area contributed by atoms with Crippen LogP contribution >= 0.6 is 0 Å². The molecule has 2 aliphatic rings. The van der Waals surface area contributed by atoms with E-state index in [0.717, 1.165) is 38.9 Å². The van der Waals surface area contributed by atoms with Gasteiger partial charge in [-0.1, -0.05) is 6.92 Å². The highest BCUT2D eigenvalue weighted by molar-refractivity contribution is 5.77. The Morgan fingerprint density at radius 1 is 1.40 bits per heavy atom. The zero-order chi connectivity index (χ0) is 10.7. The molecule has 1 aliphatic heterocycles. The Hall–Kier alpha value is -0.570. The van der Waals surface area contributed by atoms with Crippen molar-refractivity contribution >= 4 is 5.91 Å². The van der Waals surface area contributed by atoms with E-state index >= 15 is 0 Å². The van der Waals surface area contributed by atoms with Gasteiger partial charge in [0.15, 0.2) is 0 Å². The van der Waals surface area contributed by atoms with E-state index in [9.17, 15) is 4.79 Å². The maximum Gasteiger partial charge on any atom is 0.223 e. The lowest BCUT2D eigenvalue weighted by atomic mass is 10.1. The molecule has 2 rings (SSSR count). The molecule has 86 valence electrons. The molecule has 3 heteroatoms. The van der Waals surface area contributed by atoms with Crippen LogP contribution < -0.4 is 5.32 Å². The third kappa shape index (κ3) is 2.94. The van der Waals surface area contributed by atoms with Gasteiger partial charge in [-0.15, -0.1) is 0 Å². The summed E-state index contributed by atoms with van der Waals surface area (Å²) < 4.78 is 0. The van der Waals surface area contributed by atoms with Crippen molar-refractivity contribution in [2.75, 3.05) is 19.6 Å². The second-order valence-electron chi connectivity index (χ2n) is 4.88. The fraction of sp³-hybridized carbons (Fsp3) is 0.917. The Labute approximate surface area is 92.2 Å². The van der Waals surface area contributed by atoms with Gasteiger partial charge in [-0.05, 0) is 38.1 Å². The molecule has 1 saturated heterocycles. The molecule has 2 fully saturated rings. The van der Waals surface area contributed by atoms with E-state index < -0.39 is 0 Å². The third-order valence-corrected chi connectivity index (χ3v) is 3.42. The number of rotatable bonds is 5. The normalized spacial score (nSPS) is 25.5. The molecule has 0 aromatic carbocycles. The van der Waals surface area contributed by atoms with E-state index in [0.29, 0.717) is 17.9 Å². The molecule has 0 radical (unpaired) electrons. The van der Waals surface area contributed by atoms with Crippen LogP contribution in [0.15, 0.2) is 0 Å². The van der Waals surface area contributed by atoms with Gasteiger partial charge >= 0.3 is 0 Å². The first-order chi connectivity index (χ1) is 7.31. The maximum atomic E-state index is 12.1. The minimum atomic E-state index is 0.396. The second-order valence-corrected chi connectivity index (χ2v) is 4.88. The lowest BCUT2D eigenvalue weighted by Gasteiger charge is -2.28. The Bertz CT molecular complexity index is 220. The molecule has 1 atom stereocenters. The summed E-state index contributed by atoms with van der Waals surface area (Å²) in [4.78, 5) is 14.2. The number of hydrogen-bond acceptors (Lipinski definition) is 2. The molecule has 0 bridgehead atoms. The van der Waals surface area contributed by atoms with Crippen LogP contribution in [0.1, 0.15) is 39.0 Å². The van der Waals surface area contributed by atoms with Crippen LogP contribution in [0.3, 0.4) is 0 Å². The Balaban J connectivity index is 1.87. The molecular formula is C12H22N2O. The second kappa shape index (κ2) is 4.97. The van der Waals surface area contributed by atoms with Crippen molar-refractivity contribution in [2.45, 2.75) is 45.1 Å². The number of amides is 1. The lowest BCUT2D eigenvalue weighted by molar-refractivity contribution is -0.133. The van der Waals surface area contributed by atoms with Crippen LogP contribution in [0.5, 0.6) is 0 Å². The summed E-state index contributed by atoms with van der Waals surface area (Å²) in [6, 6.07) is 0.469. The first kappa shape index (κ1) is 10.9. The van der Waals surface area contributed by atoms with Crippen molar-refractivity contribution < 1.29 is 4.79 Å². The predicted molar refractivity (Wildman–Crippen MR) is 60.6 cm³/mol. The van der Waals surface area contributed by atoms with E-state index in [2.05, 4.69) is 17.1 Å². The summed E-state index contributed by atoms with van der Waals surface area (Å²) in [6.45, 7) is 5.16. The highest BCUT2D eigenvalue weighted by Crippen LogP contribution is 2.33. The molecule has 0 aromatic rings. The molecule has 15 heavy (non-hydrogen) atoms. The number of carbonyl (C=O) groups is 1. The van der Waals surface area contributed by atoms with Crippen molar-refractivity contribution in [3.63, 3.8) is 0 Å². The number of nitrogens with one attached hydrogen (secondary N) is 1. The summed E-state index contributed by atoms with van der Waals surface area (Å²) in [7, 11) is 0. The van der Waals surface area contributed by atoms with E-state index in [1.54, 1.807) is 0 Å². The van der Waals surface area contributed by atoms with Crippen LogP contribution in [-0.4, -0.2) is 36.5 Å². The van der Waals surface area contributed by atoms with E-state index in [1.165, 1.54) is 12.8 Å². The summed E-state index contributed by atoms with van der Waals surface area (Å²) >= 11 is 0. The SMILES string of the molecule is CCCN(C(=O)CC1CC1)C1CCNC1. The van der Waals surface area contributed by atoms with Gasteiger partial charge < -0.3 is 10.2 Å². The topological polar surface area (TPSA) is 32.3 Å². The van der Waals surface area contributed by atoms with Crippen molar-refractivity contribution in [1.82, 2.24) is 10.2 Å². The molecule has 1 N–H and O–H groups in total.